The Labute approximate surface area is 106 Å². The second-order valence-electron chi connectivity index (χ2n) is 4.65. The summed E-state index contributed by atoms with van der Waals surface area (Å²) in [5.74, 6) is -0.213. The van der Waals surface area contributed by atoms with E-state index in [1.165, 1.54) is 17.2 Å². The normalized spacial score (nSPS) is 14.0. The van der Waals surface area contributed by atoms with Crippen LogP contribution in [0.3, 0.4) is 0 Å². The van der Waals surface area contributed by atoms with E-state index in [0.29, 0.717) is 0 Å². The first-order valence-corrected chi connectivity index (χ1v) is 6.14. The Hall–Kier alpha value is -1.96. The summed E-state index contributed by atoms with van der Waals surface area (Å²) < 4.78 is 13.3. The molecule has 0 saturated heterocycles. The van der Waals surface area contributed by atoms with Gasteiger partial charge in [-0.3, -0.25) is 4.99 Å². The second kappa shape index (κ2) is 4.37. The SMILES string of the molecule is Cc1ccc2c(c1)CCN=C2c1cccc(F)c1. The Morgan fingerprint density at radius 2 is 2.00 bits per heavy atom. The Kier molecular flexibility index (Phi) is 2.71. The molecule has 0 unspecified atom stereocenters. The van der Waals surface area contributed by atoms with Crippen LogP contribution >= 0.6 is 0 Å². The van der Waals surface area contributed by atoms with Gasteiger partial charge in [0.25, 0.3) is 0 Å². The molecule has 90 valence electrons. The van der Waals surface area contributed by atoms with Crippen molar-refractivity contribution in [1.82, 2.24) is 0 Å². The number of nitrogens with zero attached hydrogens (tertiary/aromatic N) is 1. The van der Waals surface area contributed by atoms with Crippen LogP contribution in [-0.4, -0.2) is 12.3 Å². The third-order valence-corrected chi connectivity index (χ3v) is 3.26. The van der Waals surface area contributed by atoms with Crippen molar-refractivity contribution in [1.29, 1.82) is 0 Å². The van der Waals surface area contributed by atoms with Crippen LogP contribution in [0.2, 0.25) is 0 Å². The van der Waals surface area contributed by atoms with Crippen LogP contribution < -0.4 is 0 Å². The van der Waals surface area contributed by atoms with Crippen molar-refractivity contribution < 1.29 is 4.39 Å². The summed E-state index contributed by atoms with van der Waals surface area (Å²) >= 11 is 0. The molecule has 0 fully saturated rings. The molecule has 2 aromatic carbocycles. The van der Waals surface area contributed by atoms with Crippen molar-refractivity contribution in [2.75, 3.05) is 6.54 Å². The number of aryl methyl sites for hydroxylation is 1. The van der Waals surface area contributed by atoms with Gasteiger partial charge in [-0.05, 0) is 31.0 Å². The highest BCUT2D eigenvalue weighted by Gasteiger charge is 2.15. The fourth-order valence-electron chi connectivity index (χ4n) is 2.42. The molecular formula is C16H14FN. The van der Waals surface area contributed by atoms with Crippen LogP contribution in [0.1, 0.15) is 22.3 Å². The molecule has 0 bridgehead atoms. The molecule has 1 heterocycles. The standard InChI is InChI=1S/C16H14FN/c1-11-5-6-15-12(9-11)7-8-18-16(15)13-3-2-4-14(17)10-13/h2-6,9-10H,7-8H2,1H3. The lowest BCUT2D eigenvalue weighted by atomic mass is 9.92. The van der Waals surface area contributed by atoms with E-state index in [1.807, 2.05) is 6.07 Å². The van der Waals surface area contributed by atoms with Crippen molar-refractivity contribution in [3.63, 3.8) is 0 Å². The lowest BCUT2D eigenvalue weighted by Gasteiger charge is -2.17. The number of aliphatic imine (C=N–C) groups is 1. The molecule has 0 N–H and O–H groups in total. The van der Waals surface area contributed by atoms with Gasteiger partial charge in [0, 0.05) is 17.7 Å². The van der Waals surface area contributed by atoms with Gasteiger partial charge in [-0.15, -0.1) is 0 Å². The maximum absolute atomic E-state index is 13.3. The van der Waals surface area contributed by atoms with Crippen molar-refractivity contribution >= 4 is 5.71 Å². The van der Waals surface area contributed by atoms with Gasteiger partial charge in [0.2, 0.25) is 0 Å². The molecule has 0 aromatic heterocycles. The highest BCUT2D eigenvalue weighted by molar-refractivity contribution is 6.14. The number of halogens is 1. The third kappa shape index (κ3) is 1.94. The first-order chi connectivity index (χ1) is 8.74. The Morgan fingerprint density at radius 3 is 2.83 bits per heavy atom. The molecular weight excluding hydrogens is 225 g/mol. The van der Waals surface area contributed by atoms with Crippen LogP contribution in [0.25, 0.3) is 0 Å². The van der Waals surface area contributed by atoms with Crippen molar-refractivity contribution in [3.8, 4) is 0 Å². The zero-order valence-electron chi connectivity index (χ0n) is 10.3. The summed E-state index contributed by atoms with van der Waals surface area (Å²) in [5, 5.41) is 0. The van der Waals surface area contributed by atoms with E-state index in [2.05, 4.69) is 30.1 Å². The van der Waals surface area contributed by atoms with E-state index in [4.69, 9.17) is 0 Å². The Balaban J connectivity index is 2.12. The van der Waals surface area contributed by atoms with Gasteiger partial charge in [0.05, 0.1) is 5.71 Å². The molecule has 0 amide bonds. The molecule has 1 aliphatic heterocycles. The first-order valence-electron chi connectivity index (χ1n) is 6.14. The van der Waals surface area contributed by atoms with Crippen molar-refractivity contribution in [2.24, 2.45) is 4.99 Å². The summed E-state index contributed by atoms with van der Waals surface area (Å²) in [7, 11) is 0. The largest absolute Gasteiger partial charge is 0.284 e. The number of hydrogen-bond acceptors (Lipinski definition) is 1. The van der Waals surface area contributed by atoms with Gasteiger partial charge in [-0.25, -0.2) is 4.39 Å². The van der Waals surface area contributed by atoms with E-state index >= 15 is 0 Å². The van der Waals surface area contributed by atoms with E-state index in [0.717, 1.165) is 29.8 Å². The molecule has 1 aliphatic rings. The van der Waals surface area contributed by atoms with Crippen molar-refractivity contribution in [2.45, 2.75) is 13.3 Å². The van der Waals surface area contributed by atoms with Gasteiger partial charge in [0.1, 0.15) is 5.82 Å². The molecule has 0 atom stereocenters. The molecule has 0 spiro atoms. The molecule has 0 saturated carbocycles. The lowest BCUT2D eigenvalue weighted by molar-refractivity contribution is 0.627. The molecule has 18 heavy (non-hydrogen) atoms. The average molecular weight is 239 g/mol. The number of rotatable bonds is 1. The van der Waals surface area contributed by atoms with Crippen LogP contribution in [0, 0.1) is 12.7 Å². The molecule has 2 heteroatoms. The average Bonchev–Trinajstić information content (AvgIpc) is 2.37. The van der Waals surface area contributed by atoms with Gasteiger partial charge in [-0.1, -0.05) is 35.9 Å². The molecule has 3 rings (SSSR count). The summed E-state index contributed by atoms with van der Waals surface area (Å²) in [6.45, 7) is 2.87. The maximum Gasteiger partial charge on any atom is 0.123 e. The first kappa shape index (κ1) is 11.1. The predicted molar refractivity (Wildman–Crippen MR) is 71.8 cm³/mol. The van der Waals surface area contributed by atoms with Crippen LogP contribution in [-0.2, 0) is 6.42 Å². The summed E-state index contributed by atoms with van der Waals surface area (Å²) in [6, 6.07) is 13.0. The number of hydrogen-bond donors (Lipinski definition) is 0. The molecule has 0 radical (unpaired) electrons. The van der Waals surface area contributed by atoms with E-state index in [1.54, 1.807) is 12.1 Å². The molecule has 0 aliphatic carbocycles. The minimum atomic E-state index is -0.213. The van der Waals surface area contributed by atoms with Crippen LogP contribution in [0.5, 0.6) is 0 Å². The van der Waals surface area contributed by atoms with Crippen LogP contribution in [0.15, 0.2) is 47.5 Å². The quantitative estimate of drug-likeness (QED) is 0.722. The van der Waals surface area contributed by atoms with Gasteiger partial charge in [-0.2, -0.15) is 0 Å². The van der Waals surface area contributed by atoms with E-state index in [9.17, 15) is 4.39 Å². The second-order valence-corrected chi connectivity index (χ2v) is 4.65. The summed E-state index contributed by atoms with van der Waals surface area (Å²) in [5.41, 5.74) is 5.48. The van der Waals surface area contributed by atoms with Gasteiger partial charge < -0.3 is 0 Å². The smallest absolute Gasteiger partial charge is 0.123 e. The molecule has 1 nitrogen and oxygen atoms in total. The Bertz CT molecular complexity index is 629. The fourth-order valence-corrected chi connectivity index (χ4v) is 2.42. The number of fused-ring (bicyclic) bond motifs is 1. The van der Waals surface area contributed by atoms with E-state index in [-0.39, 0.29) is 5.82 Å². The molecule has 2 aromatic rings. The van der Waals surface area contributed by atoms with Crippen molar-refractivity contribution in [3.05, 3.63) is 70.5 Å². The fraction of sp³-hybridized carbons (Fsp3) is 0.188. The topological polar surface area (TPSA) is 12.4 Å². The maximum atomic E-state index is 13.3. The predicted octanol–water partition coefficient (Wildman–Crippen LogP) is 3.53. The summed E-state index contributed by atoms with van der Waals surface area (Å²) in [4.78, 5) is 4.56. The van der Waals surface area contributed by atoms with E-state index < -0.39 is 0 Å². The van der Waals surface area contributed by atoms with Gasteiger partial charge >= 0.3 is 0 Å². The Morgan fingerprint density at radius 1 is 1.11 bits per heavy atom. The third-order valence-electron chi connectivity index (χ3n) is 3.26. The van der Waals surface area contributed by atoms with Gasteiger partial charge in [0.15, 0.2) is 0 Å². The minimum Gasteiger partial charge on any atom is -0.284 e. The highest BCUT2D eigenvalue weighted by atomic mass is 19.1. The zero-order valence-corrected chi connectivity index (χ0v) is 10.3. The zero-order chi connectivity index (χ0) is 12.5. The summed E-state index contributed by atoms with van der Waals surface area (Å²) in [6.07, 6.45) is 0.968. The van der Waals surface area contributed by atoms with Crippen LogP contribution in [0.4, 0.5) is 4.39 Å². The highest BCUT2D eigenvalue weighted by Crippen LogP contribution is 2.22. The number of benzene rings is 2. The minimum absolute atomic E-state index is 0.213. The monoisotopic (exact) mass is 239 g/mol. The lowest BCUT2D eigenvalue weighted by Crippen LogP contribution is -2.14.